The highest BCUT2D eigenvalue weighted by molar-refractivity contribution is 7.47. The van der Waals surface area contributed by atoms with Gasteiger partial charge in [-0.25, -0.2) is 4.57 Å². The zero-order valence-corrected chi connectivity index (χ0v) is 34.4. The van der Waals surface area contributed by atoms with E-state index in [1.165, 1.54) is 64.2 Å². The molecule has 10 nitrogen and oxygen atoms in total. The van der Waals surface area contributed by atoms with Crippen molar-refractivity contribution in [1.29, 1.82) is 0 Å². The summed E-state index contributed by atoms with van der Waals surface area (Å²) in [5, 5.41) is 18.3. The van der Waals surface area contributed by atoms with E-state index in [4.69, 9.17) is 19.1 Å². The lowest BCUT2D eigenvalue weighted by atomic mass is 10.1. The summed E-state index contributed by atoms with van der Waals surface area (Å²) in [6.07, 6.45) is 38.2. The van der Waals surface area contributed by atoms with Gasteiger partial charge < -0.3 is 24.6 Å². The summed E-state index contributed by atoms with van der Waals surface area (Å²) in [5.41, 5.74) is 0. The van der Waals surface area contributed by atoms with Gasteiger partial charge in [0.1, 0.15) is 12.7 Å². The Hall–Kier alpha value is -1.81. The maximum Gasteiger partial charge on any atom is 0.472 e. The Morgan fingerprint density at radius 3 is 1.51 bits per heavy atom. The minimum atomic E-state index is -4.62. The molecule has 310 valence electrons. The number of phosphoric acid groups is 1. The van der Waals surface area contributed by atoms with Crippen LogP contribution in [-0.2, 0) is 32.7 Å². The van der Waals surface area contributed by atoms with E-state index in [1.807, 2.05) is 0 Å². The molecule has 0 saturated heterocycles. The van der Waals surface area contributed by atoms with E-state index in [1.54, 1.807) is 0 Å². The molecular weight excluding hydrogens is 695 g/mol. The third-order valence-electron chi connectivity index (χ3n) is 8.77. The minimum absolute atomic E-state index is 0.174. The number of aliphatic hydroxyl groups is 2. The highest BCUT2D eigenvalue weighted by atomic mass is 31.2. The second-order valence-corrected chi connectivity index (χ2v) is 15.5. The molecule has 11 heteroatoms. The van der Waals surface area contributed by atoms with Crippen LogP contribution in [0.5, 0.6) is 0 Å². The lowest BCUT2D eigenvalue weighted by molar-refractivity contribution is -0.161. The van der Waals surface area contributed by atoms with Crippen LogP contribution in [0.25, 0.3) is 0 Å². The summed E-state index contributed by atoms with van der Waals surface area (Å²) < 4.78 is 32.7. The molecule has 0 radical (unpaired) electrons. The second kappa shape index (κ2) is 38.5. The number of hydrogen-bond donors (Lipinski definition) is 3. The van der Waals surface area contributed by atoms with Crippen LogP contribution in [0, 0.1) is 0 Å². The number of esters is 2. The van der Waals surface area contributed by atoms with Crippen LogP contribution < -0.4 is 0 Å². The van der Waals surface area contributed by atoms with E-state index < -0.39 is 51.8 Å². The molecule has 0 aliphatic carbocycles. The van der Waals surface area contributed by atoms with Crippen molar-refractivity contribution in [2.75, 3.05) is 26.4 Å². The molecule has 0 saturated carbocycles. The Bertz CT molecular complexity index is 983. The van der Waals surface area contributed by atoms with Crippen molar-refractivity contribution in [3.8, 4) is 0 Å². The smallest absolute Gasteiger partial charge is 0.462 e. The Balaban J connectivity index is 4.34. The SMILES string of the molecule is CCCCC/C=C\C/C=C\CCCCCCCCCC(=O)O[C@H](COC(=O)CCCCCCC/C=C\CCCCCC)COP(=O)(O)OC[C@@H](O)CO. The Morgan fingerprint density at radius 2 is 0.981 bits per heavy atom. The number of ether oxygens (including phenoxy) is 2. The standard InChI is InChI=1S/C42H77O10P/c1-3-5-7-9-11-13-15-17-18-19-20-22-24-26-28-30-32-34-42(46)52-40(38-51-53(47,48)50-36-39(44)35-43)37-49-41(45)33-31-29-27-25-23-21-16-14-12-10-8-6-4-2/h11,13-14,16-18,39-40,43-44H,3-10,12,15,19-38H2,1-2H3,(H,47,48)/b13-11-,16-14-,18-17-/t39-,40+/m0/s1. The van der Waals surface area contributed by atoms with Crippen molar-refractivity contribution in [2.45, 2.75) is 193 Å². The molecule has 0 aliphatic heterocycles. The number of rotatable bonds is 39. The van der Waals surface area contributed by atoms with Crippen molar-refractivity contribution in [2.24, 2.45) is 0 Å². The van der Waals surface area contributed by atoms with E-state index in [9.17, 15) is 24.2 Å². The average Bonchev–Trinajstić information content (AvgIpc) is 3.14. The quantitative estimate of drug-likeness (QED) is 0.0238. The molecule has 0 rings (SSSR count). The third-order valence-corrected chi connectivity index (χ3v) is 9.72. The fourth-order valence-electron chi connectivity index (χ4n) is 5.49. The van der Waals surface area contributed by atoms with Crippen LogP contribution in [-0.4, -0.2) is 65.7 Å². The molecule has 3 N–H and O–H groups in total. The van der Waals surface area contributed by atoms with E-state index in [0.29, 0.717) is 12.8 Å². The molecule has 0 aliphatic rings. The van der Waals surface area contributed by atoms with Gasteiger partial charge in [0.05, 0.1) is 19.8 Å². The van der Waals surface area contributed by atoms with E-state index >= 15 is 0 Å². The van der Waals surface area contributed by atoms with E-state index in [0.717, 1.165) is 77.0 Å². The maximum absolute atomic E-state index is 12.6. The summed E-state index contributed by atoms with van der Waals surface area (Å²) in [6, 6.07) is 0. The molecule has 3 atom stereocenters. The second-order valence-electron chi connectivity index (χ2n) is 14.0. The van der Waals surface area contributed by atoms with Crippen molar-refractivity contribution in [3.63, 3.8) is 0 Å². The number of unbranched alkanes of at least 4 members (excludes halogenated alkanes) is 19. The van der Waals surface area contributed by atoms with E-state index in [-0.39, 0.29) is 19.4 Å². The molecule has 0 aromatic carbocycles. The van der Waals surface area contributed by atoms with Crippen LogP contribution >= 0.6 is 7.82 Å². The van der Waals surface area contributed by atoms with Gasteiger partial charge in [0.25, 0.3) is 0 Å². The molecule has 0 bridgehead atoms. The first-order valence-corrected chi connectivity index (χ1v) is 22.4. The molecule has 1 unspecified atom stereocenters. The van der Waals surface area contributed by atoms with Crippen LogP contribution in [0.15, 0.2) is 36.5 Å². The molecule has 0 amide bonds. The fraction of sp³-hybridized carbons (Fsp3) is 0.810. The highest BCUT2D eigenvalue weighted by Gasteiger charge is 2.27. The van der Waals surface area contributed by atoms with Crippen molar-refractivity contribution >= 4 is 19.8 Å². The van der Waals surface area contributed by atoms with Crippen LogP contribution in [0.2, 0.25) is 0 Å². The van der Waals surface area contributed by atoms with Gasteiger partial charge in [-0.15, -0.1) is 0 Å². The number of allylic oxidation sites excluding steroid dienone is 6. The van der Waals surface area contributed by atoms with Crippen LogP contribution in [0.4, 0.5) is 0 Å². The largest absolute Gasteiger partial charge is 0.472 e. The Labute approximate surface area is 322 Å². The first-order chi connectivity index (χ1) is 25.7. The number of aliphatic hydroxyl groups excluding tert-OH is 2. The van der Waals surface area contributed by atoms with Crippen molar-refractivity contribution in [1.82, 2.24) is 0 Å². The predicted octanol–water partition coefficient (Wildman–Crippen LogP) is 10.8. The predicted molar refractivity (Wildman–Crippen MR) is 214 cm³/mol. The van der Waals surface area contributed by atoms with Gasteiger partial charge in [-0.3, -0.25) is 18.6 Å². The third kappa shape index (κ3) is 38.3. The normalized spacial score (nSPS) is 14.3. The molecule has 0 aromatic rings. The Morgan fingerprint density at radius 1 is 0.566 bits per heavy atom. The molecule has 0 aromatic heterocycles. The number of carbonyl (C=O) groups is 2. The Kier molecular flexibility index (Phi) is 37.2. The fourth-order valence-corrected chi connectivity index (χ4v) is 6.28. The summed E-state index contributed by atoms with van der Waals surface area (Å²) in [4.78, 5) is 34.9. The van der Waals surface area contributed by atoms with Gasteiger partial charge in [0.15, 0.2) is 6.10 Å². The topological polar surface area (TPSA) is 149 Å². The maximum atomic E-state index is 12.6. The lowest BCUT2D eigenvalue weighted by Crippen LogP contribution is -2.29. The number of hydrogen-bond acceptors (Lipinski definition) is 9. The van der Waals surface area contributed by atoms with Crippen molar-refractivity contribution < 1.29 is 47.8 Å². The summed E-state index contributed by atoms with van der Waals surface area (Å²) in [7, 11) is -4.62. The zero-order chi connectivity index (χ0) is 39.1. The molecule has 0 fully saturated rings. The van der Waals surface area contributed by atoms with E-state index in [2.05, 4.69) is 54.8 Å². The molecule has 0 heterocycles. The number of carbonyl (C=O) groups excluding carboxylic acids is 2. The van der Waals surface area contributed by atoms with Crippen LogP contribution in [0.1, 0.15) is 181 Å². The first kappa shape index (κ1) is 51.2. The molecular formula is C42H77O10P. The average molecular weight is 773 g/mol. The molecule has 0 spiro atoms. The van der Waals surface area contributed by atoms with Gasteiger partial charge >= 0.3 is 19.8 Å². The zero-order valence-electron chi connectivity index (χ0n) is 33.5. The number of phosphoric ester groups is 1. The highest BCUT2D eigenvalue weighted by Crippen LogP contribution is 2.43. The van der Waals surface area contributed by atoms with Gasteiger partial charge in [0.2, 0.25) is 0 Å². The molecule has 53 heavy (non-hydrogen) atoms. The lowest BCUT2D eigenvalue weighted by Gasteiger charge is -2.20. The summed E-state index contributed by atoms with van der Waals surface area (Å²) in [6.45, 7) is 2.32. The minimum Gasteiger partial charge on any atom is -0.462 e. The van der Waals surface area contributed by atoms with Gasteiger partial charge in [-0.2, -0.15) is 0 Å². The first-order valence-electron chi connectivity index (χ1n) is 20.9. The summed E-state index contributed by atoms with van der Waals surface area (Å²) in [5.74, 6) is -0.944. The monoisotopic (exact) mass is 773 g/mol. The van der Waals surface area contributed by atoms with Crippen molar-refractivity contribution in [3.05, 3.63) is 36.5 Å². The van der Waals surface area contributed by atoms with Crippen LogP contribution in [0.3, 0.4) is 0 Å². The van der Waals surface area contributed by atoms with Gasteiger partial charge in [0, 0.05) is 12.8 Å². The van der Waals surface area contributed by atoms with Gasteiger partial charge in [-0.1, -0.05) is 134 Å². The summed E-state index contributed by atoms with van der Waals surface area (Å²) >= 11 is 0. The van der Waals surface area contributed by atoms with Gasteiger partial charge in [-0.05, 0) is 70.6 Å².